The summed E-state index contributed by atoms with van der Waals surface area (Å²) < 4.78 is 0. The van der Waals surface area contributed by atoms with Crippen molar-refractivity contribution in [3.8, 4) is 0 Å². The van der Waals surface area contributed by atoms with Crippen LogP contribution in [0.1, 0.15) is 0 Å². The van der Waals surface area contributed by atoms with Gasteiger partial charge in [0.05, 0.1) is 5.52 Å². The Morgan fingerprint density at radius 1 is 1.00 bits per heavy atom. The molecule has 0 aliphatic carbocycles. The Morgan fingerprint density at radius 3 is 2.69 bits per heavy atom. The highest BCUT2D eigenvalue weighted by Gasteiger charge is 2.05. The molecule has 78 valence electrons. The topological polar surface area (TPSA) is 66.5 Å². The van der Waals surface area contributed by atoms with E-state index in [1.54, 1.807) is 18.5 Å². The molecule has 3 aromatic rings. The Bertz CT molecular complexity index is 602. The zero-order chi connectivity index (χ0) is 10.8. The Labute approximate surface area is 91.6 Å². The van der Waals surface area contributed by atoms with Crippen LogP contribution in [0.25, 0.3) is 10.9 Å². The Morgan fingerprint density at radius 2 is 1.81 bits per heavy atom. The highest BCUT2D eigenvalue weighted by atomic mass is 15.2. The van der Waals surface area contributed by atoms with E-state index in [0.29, 0.717) is 5.95 Å². The summed E-state index contributed by atoms with van der Waals surface area (Å²) in [7, 11) is 0. The first-order chi connectivity index (χ1) is 7.93. The molecule has 3 rings (SSSR count). The van der Waals surface area contributed by atoms with Crippen molar-refractivity contribution >= 4 is 22.7 Å². The monoisotopic (exact) mass is 211 g/mol. The lowest BCUT2D eigenvalue weighted by Crippen LogP contribution is -1.96. The minimum Gasteiger partial charge on any atom is -0.307 e. The number of fused-ring (bicyclic) bond motifs is 1. The Hall–Kier alpha value is -2.43. The van der Waals surface area contributed by atoms with Crippen molar-refractivity contribution in [1.29, 1.82) is 0 Å². The quantitative estimate of drug-likeness (QED) is 0.681. The molecule has 0 spiro atoms. The molecule has 2 aromatic heterocycles. The third kappa shape index (κ3) is 1.48. The first-order valence-corrected chi connectivity index (χ1v) is 4.90. The van der Waals surface area contributed by atoms with Crippen LogP contribution in [-0.2, 0) is 0 Å². The SMILES string of the molecule is c1cnc(Nc2n[nH]c3ccccc23)nc1. The molecule has 0 atom stereocenters. The number of H-pyrrole nitrogens is 1. The van der Waals surface area contributed by atoms with Gasteiger partial charge in [-0.1, -0.05) is 12.1 Å². The van der Waals surface area contributed by atoms with Gasteiger partial charge in [-0.05, 0) is 18.2 Å². The van der Waals surface area contributed by atoms with E-state index in [4.69, 9.17) is 0 Å². The Kier molecular flexibility index (Phi) is 2.00. The lowest BCUT2D eigenvalue weighted by Gasteiger charge is -1.99. The van der Waals surface area contributed by atoms with E-state index in [1.165, 1.54) is 0 Å². The zero-order valence-corrected chi connectivity index (χ0v) is 8.38. The lowest BCUT2D eigenvalue weighted by molar-refractivity contribution is 1.10. The normalized spacial score (nSPS) is 10.5. The molecule has 0 unspecified atom stereocenters. The number of nitrogens with zero attached hydrogens (tertiary/aromatic N) is 3. The third-order valence-corrected chi connectivity index (χ3v) is 2.27. The molecular formula is C11H9N5. The minimum atomic E-state index is 0.541. The van der Waals surface area contributed by atoms with Gasteiger partial charge in [0.2, 0.25) is 5.95 Å². The van der Waals surface area contributed by atoms with Crippen LogP contribution in [0.15, 0.2) is 42.7 Å². The molecule has 0 bridgehead atoms. The van der Waals surface area contributed by atoms with Gasteiger partial charge in [0.15, 0.2) is 5.82 Å². The summed E-state index contributed by atoms with van der Waals surface area (Å²) in [6.07, 6.45) is 3.37. The molecule has 2 N–H and O–H groups in total. The van der Waals surface area contributed by atoms with Crippen LogP contribution in [-0.4, -0.2) is 20.2 Å². The molecule has 0 radical (unpaired) electrons. The van der Waals surface area contributed by atoms with E-state index >= 15 is 0 Å². The maximum Gasteiger partial charge on any atom is 0.228 e. The molecule has 0 aliphatic rings. The van der Waals surface area contributed by atoms with Gasteiger partial charge >= 0.3 is 0 Å². The van der Waals surface area contributed by atoms with Gasteiger partial charge in [0, 0.05) is 17.8 Å². The molecule has 5 heteroatoms. The van der Waals surface area contributed by atoms with Gasteiger partial charge < -0.3 is 5.32 Å². The number of hydrogen-bond donors (Lipinski definition) is 2. The van der Waals surface area contributed by atoms with E-state index in [0.717, 1.165) is 16.7 Å². The highest BCUT2D eigenvalue weighted by Crippen LogP contribution is 2.21. The van der Waals surface area contributed by atoms with Crippen LogP contribution in [0.5, 0.6) is 0 Å². The van der Waals surface area contributed by atoms with Gasteiger partial charge in [0.1, 0.15) is 0 Å². The molecule has 16 heavy (non-hydrogen) atoms. The standard InChI is InChI=1S/C11H9N5/c1-2-5-9-8(4-1)10(16-15-9)14-11-12-6-3-7-13-11/h1-7H,(H2,12,13,14,15,16). The largest absolute Gasteiger partial charge is 0.307 e. The third-order valence-electron chi connectivity index (χ3n) is 2.27. The second-order valence-corrected chi connectivity index (χ2v) is 3.32. The van der Waals surface area contributed by atoms with Gasteiger partial charge in [-0.2, -0.15) is 5.10 Å². The van der Waals surface area contributed by atoms with Crippen LogP contribution in [0.3, 0.4) is 0 Å². The summed E-state index contributed by atoms with van der Waals surface area (Å²) in [5.41, 5.74) is 0.987. The number of rotatable bonds is 2. The number of para-hydroxylation sites is 1. The number of benzene rings is 1. The predicted molar refractivity (Wildman–Crippen MR) is 61.4 cm³/mol. The van der Waals surface area contributed by atoms with Crippen molar-refractivity contribution in [3.05, 3.63) is 42.7 Å². The summed E-state index contributed by atoms with van der Waals surface area (Å²) in [6.45, 7) is 0. The van der Waals surface area contributed by atoms with Crippen LogP contribution in [0.4, 0.5) is 11.8 Å². The summed E-state index contributed by atoms with van der Waals surface area (Å²) in [4.78, 5) is 8.17. The second kappa shape index (κ2) is 3.62. The molecule has 0 fully saturated rings. The fraction of sp³-hybridized carbons (Fsp3) is 0. The van der Waals surface area contributed by atoms with Crippen LogP contribution >= 0.6 is 0 Å². The van der Waals surface area contributed by atoms with Gasteiger partial charge in [-0.3, -0.25) is 5.10 Å². The molecular weight excluding hydrogens is 202 g/mol. The minimum absolute atomic E-state index is 0.541. The summed E-state index contributed by atoms with van der Waals surface area (Å²) in [5, 5.41) is 11.2. The molecule has 0 saturated heterocycles. The van der Waals surface area contributed by atoms with Crippen molar-refractivity contribution < 1.29 is 0 Å². The number of nitrogens with one attached hydrogen (secondary N) is 2. The van der Waals surface area contributed by atoms with E-state index in [-0.39, 0.29) is 0 Å². The number of hydrogen-bond acceptors (Lipinski definition) is 4. The Balaban J connectivity index is 2.01. The summed E-state index contributed by atoms with van der Waals surface area (Å²) >= 11 is 0. The fourth-order valence-electron chi connectivity index (χ4n) is 1.53. The fourth-order valence-corrected chi connectivity index (χ4v) is 1.53. The maximum absolute atomic E-state index is 4.17. The predicted octanol–water partition coefficient (Wildman–Crippen LogP) is 2.10. The van der Waals surface area contributed by atoms with Crippen molar-refractivity contribution in [2.45, 2.75) is 0 Å². The van der Waals surface area contributed by atoms with Gasteiger partial charge in [-0.25, -0.2) is 9.97 Å². The van der Waals surface area contributed by atoms with Gasteiger partial charge in [-0.15, -0.1) is 0 Å². The number of aromatic nitrogens is 4. The molecule has 0 aliphatic heterocycles. The average Bonchev–Trinajstić information content (AvgIpc) is 2.74. The molecule has 2 heterocycles. The first-order valence-electron chi connectivity index (χ1n) is 4.90. The zero-order valence-electron chi connectivity index (χ0n) is 8.38. The van der Waals surface area contributed by atoms with Crippen molar-refractivity contribution in [2.75, 3.05) is 5.32 Å². The smallest absolute Gasteiger partial charge is 0.228 e. The average molecular weight is 211 g/mol. The summed E-state index contributed by atoms with van der Waals surface area (Å²) in [5.74, 6) is 1.28. The van der Waals surface area contributed by atoms with E-state index < -0.39 is 0 Å². The van der Waals surface area contributed by atoms with Crippen LogP contribution in [0.2, 0.25) is 0 Å². The van der Waals surface area contributed by atoms with Gasteiger partial charge in [0.25, 0.3) is 0 Å². The van der Waals surface area contributed by atoms with E-state index in [2.05, 4.69) is 25.5 Å². The molecule has 0 saturated carbocycles. The van der Waals surface area contributed by atoms with Crippen LogP contribution in [0, 0.1) is 0 Å². The molecule has 5 nitrogen and oxygen atoms in total. The number of aromatic amines is 1. The highest BCUT2D eigenvalue weighted by molar-refractivity contribution is 5.90. The van der Waals surface area contributed by atoms with E-state index in [9.17, 15) is 0 Å². The summed E-state index contributed by atoms with van der Waals surface area (Å²) in [6, 6.07) is 9.66. The van der Waals surface area contributed by atoms with Crippen molar-refractivity contribution in [2.24, 2.45) is 0 Å². The first kappa shape index (κ1) is 8.84. The van der Waals surface area contributed by atoms with E-state index in [1.807, 2.05) is 24.3 Å². The molecule has 1 aromatic carbocycles. The van der Waals surface area contributed by atoms with Crippen molar-refractivity contribution in [3.63, 3.8) is 0 Å². The number of anilines is 2. The maximum atomic E-state index is 4.17. The van der Waals surface area contributed by atoms with Crippen LogP contribution < -0.4 is 5.32 Å². The second-order valence-electron chi connectivity index (χ2n) is 3.32. The lowest BCUT2D eigenvalue weighted by atomic mass is 10.2. The van der Waals surface area contributed by atoms with Crippen molar-refractivity contribution in [1.82, 2.24) is 20.2 Å². The molecule has 0 amide bonds.